The summed E-state index contributed by atoms with van der Waals surface area (Å²) in [4.78, 5) is 28.6. The molecule has 0 saturated heterocycles. The van der Waals surface area contributed by atoms with Crippen LogP contribution in [0.3, 0.4) is 0 Å². The molecule has 1 atom stereocenters. The lowest BCUT2D eigenvalue weighted by Crippen LogP contribution is -2.50. The summed E-state index contributed by atoms with van der Waals surface area (Å²) in [5.74, 6) is 1.25. The number of likely N-dealkylation sites (N-methyl/N-ethyl adjacent to an activating group) is 1. The topological polar surface area (TPSA) is 67.9 Å². The highest BCUT2D eigenvalue weighted by molar-refractivity contribution is 5.88. The first-order valence-corrected chi connectivity index (χ1v) is 12.2. The largest absolute Gasteiger partial charge is 0.486 e. The van der Waals surface area contributed by atoms with Crippen molar-refractivity contribution in [2.24, 2.45) is 0 Å². The van der Waals surface area contributed by atoms with E-state index in [-0.39, 0.29) is 18.2 Å². The van der Waals surface area contributed by atoms with Crippen LogP contribution >= 0.6 is 0 Å². The number of carbonyl (C=O) groups is 2. The van der Waals surface area contributed by atoms with Gasteiger partial charge in [-0.2, -0.15) is 0 Å². The molecule has 0 fully saturated rings. The van der Waals surface area contributed by atoms with Gasteiger partial charge in [0, 0.05) is 25.9 Å². The Morgan fingerprint density at radius 1 is 0.857 bits per heavy atom. The number of hydrogen-bond donors (Lipinski definition) is 1. The van der Waals surface area contributed by atoms with E-state index in [2.05, 4.69) is 5.32 Å². The fraction of sp³-hybridized carbons (Fsp3) is 0.310. The normalized spacial score (nSPS) is 13.1. The van der Waals surface area contributed by atoms with Gasteiger partial charge in [0.15, 0.2) is 11.5 Å². The summed E-state index contributed by atoms with van der Waals surface area (Å²) in [6, 6.07) is 24.8. The van der Waals surface area contributed by atoms with Crippen LogP contribution in [0.1, 0.15) is 30.0 Å². The van der Waals surface area contributed by atoms with Gasteiger partial charge in [-0.1, -0.05) is 66.7 Å². The molecule has 182 valence electrons. The molecule has 2 amide bonds. The standard InChI is InChI=1S/C29H32N2O4/c1-2-30-29(33)25(19-22-9-5-3-6-10-22)31(21-24-11-7-4-8-12-24)28(32)16-14-23-13-15-26-27(20-23)35-18-17-34-26/h3-13,15,20,25H,2,14,16-19,21H2,1H3,(H,30,33). The summed E-state index contributed by atoms with van der Waals surface area (Å²) in [6.07, 6.45) is 1.29. The minimum absolute atomic E-state index is 0.0593. The van der Waals surface area contributed by atoms with Crippen LogP contribution in [-0.4, -0.2) is 42.5 Å². The van der Waals surface area contributed by atoms with E-state index in [1.807, 2.05) is 85.8 Å². The second-order valence-electron chi connectivity index (χ2n) is 8.59. The predicted molar refractivity (Wildman–Crippen MR) is 135 cm³/mol. The van der Waals surface area contributed by atoms with E-state index in [0.717, 1.165) is 22.4 Å². The second kappa shape index (κ2) is 12.1. The maximum absolute atomic E-state index is 13.6. The van der Waals surface area contributed by atoms with Crippen LogP contribution in [-0.2, 0) is 29.0 Å². The maximum atomic E-state index is 13.6. The highest BCUT2D eigenvalue weighted by Crippen LogP contribution is 2.31. The van der Waals surface area contributed by atoms with Crippen LogP contribution in [0, 0.1) is 0 Å². The first-order valence-electron chi connectivity index (χ1n) is 12.2. The molecule has 0 saturated carbocycles. The molecule has 1 unspecified atom stereocenters. The number of nitrogens with zero attached hydrogens (tertiary/aromatic N) is 1. The van der Waals surface area contributed by atoms with E-state index in [1.165, 1.54) is 0 Å². The van der Waals surface area contributed by atoms with Crippen molar-refractivity contribution in [3.05, 3.63) is 95.6 Å². The van der Waals surface area contributed by atoms with Gasteiger partial charge in [0.2, 0.25) is 11.8 Å². The minimum atomic E-state index is -0.606. The number of amides is 2. The Morgan fingerprint density at radius 3 is 2.20 bits per heavy atom. The van der Waals surface area contributed by atoms with Crippen molar-refractivity contribution in [2.75, 3.05) is 19.8 Å². The van der Waals surface area contributed by atoms with Gasteiger partial charge in [0.25, 0.3) is 0 Å². The number of fused-ring (bicyclic) bond motifs is 1. The fourth-order valence-corrected chi connectivity index (χ4v) is 4.26. The second-order valence-corrected chi connectivity index (χ2v) is 8.59. The molecule has 0 bridgehead atoms. The molecule has 0 aromatic heterocycles. The Balaban J connectivity index is 1.56. The molecule has 0 spiro atoms. The molecule has 4 rings (SSSR count). The van der Waals surface area contributed by atoms with Crippen LogP contribution in [0.15, 0.2) is 78.9 Å². The maximum Gasteiger partial charge on any atom is 0.243 e. The van der Waals surface area contributed by atoms with Gasteiger partial charge in [-0.15, -0.1) is 0 Å². The smallest absolute Gasteiger partial charge is 0.243 e. The average molecular weight is 473 g/mol. The summed E-state index contributed by atoms with van der Waals surface area (Å²) in [6.45, 7) is 3.84. The van der Waals surface area contributed by atoms with Crippen molar-refractivity contribution >= 4 is 11.8 Å². The summed E-state index contributed by atoms with van der Waals surface area (Å²) in [5.41, 5.74) is 3.00. The zero-order valence-electron chi connectivity index (χ0n) is 20.1. The SMILES string of the molecule is CCNC(=O)C(Cc1ccccc1)N(Cc1ccccc1)C(=O)CCc1ccc2c(c1)OCCO2. The van der Waals surface area contributed by atoms with Gasteiger partial charge in [-0.05, 0) is 42.2 Å². The van der Waals surface area contributed by atoms with Crippen LogP contribution in [0.4, 0.5) is 0 Å². The van der Waals surface area contributed by atoms with Crippen molar-refractivity contribution in [1.29, 1.82) is 0 Å². The van der Waals surface area contributed by atoms with E-state index in [1.54, 1.807) is 4.90 Å². The lowest BCUT2D eigenvalue weighted by molar-refractivity contribution is -0.141. The Morgan fingerprint density at radius 2 is 1.51 bits per heavy atom. The molecule has 0 radical (unpaired) electrons. The Kier molecular flexibility index (Phi) is 8.39. The molecular formula is C29H32N2O4. The van der Waals surface area contributed by atoms with E-state index >= 15 is 0 Å². The van der Waals surface area contributed by atoms with Gasteiger partial charge in [-0.25, -0.2) is 0 Å². The molecule has 3 aromatic carbocycles. The minimum Gasteiger partial charge on any atom is -0.486 e. The van der Waals surface area contributed by atoms with Crippen molar-refractivity contribution in [3.63, 3.8) is 0 Å². The molecule has 1 aliphatic rings. The van der Waals surface area contributed by atoms with Crippen molar-refractivity contribution in [1.82, 2.24) is 10.2 Å². The first kappa shape index (κ1) is 24.3. The third kappa shape index (κ3) is 6.63. The highest BCUT2D eigenvalue weighted by atomic mass is 16.6. The Hall–Kier alpha value is -3.80. The molecule has 6 heteroatoms. The molecule has 6 nitrogen and oxygen atoms in total. The lowest BCUT2D eigenvalue weighted by Gasteiger charge is -2.31. The van der Waals surface area contributed by atoms with Crippen LogP contribution in [0.25, 0.3) is 0 Å². The monoisotopic (exact) mass is 472 g/mol. The first-order chi connectivity index (χ1) is 17.1. The average Bonchev–Trinajstić information content (AvgIpc) is 2.90. The molecule has 1 aliphatic heterocycles. The number of hydrogen-bond acceptors (Lipinski definition) is 4. The molecule has 35 heavy (non-hydrogen) atoms. The highest BCUT2D eigenvalue weighted by Gasteiger charge is 2.30. The predicted octanol–water partition coefficient (Wildman–Crippen LogP) is 4.17. The molecule has 3 aromatic rings. The zero-order valence-corrected chi connectivity index (χ0v) is 20.1. The molecule has 1 heterocycles. The molecule has 0 aliphatic carbocycles. The Bertz CT molecular complexity index is 1120. The van der Waals surface area contributed by atoms with Crippen LogP contribution in [0.5, 0.6) is 11.5 Å². The van der Waals surface area contributed by atoms with Gasteiger partial charge in [0.1, 0.15) is 19.3 Å². The third-order valence-corrected chi connectivity index (χ3v) is 6.05. The van der Waals surface area contributed by atoms with Crippen LogP contribution in [0.2, 0.25) is 0 Å². The van der Waals surface area contributed by atoms with E-state index < -0.39 is 6.04 Å². The number of benzene rings is 3. The number of ether oxygens (including phenoxy) is 2. The van der Waals surface area contributed by atoms with Gasteiger partial charge < -0.3 is 19.7 Å². The van der Waals surface area contributed by atoms with E-state index in [9.17, 15) is 9.59 Å². The van der Waals surface area contributed by atoms with Gasteiger partial charge in [0.05, 0.1) is 0 Å². The summed E-state index contributed by atoms with van der Waals surface area (Å²) in [5, 5.41) is 2.93. The van der Waals surface area contributed by atoms with Crippen molar-refractivity contribution in [2.45, 2.75) is 38.8 Å². The van der Waals surface area contributed by atoms with Crippen molar-refractivity contribution < 1.29 is 19.1 Å². The van der Waals surface area contributed by atoms with Crippen LogP contribution < -0.4 is 14.8 Å². The van der Waals surface area contributed by atoms with Crippen molar-refractivity contribution in [3.8, 4) is 11.5 Å². The summed E-state index contributed by atoms with van der Waals surface area (Å²) in [7, 11) is 0. The summed E-state index contributed by atoms with van der Waals surface area (Å²) < 4.78 is 11.3. The third-order valence-electron chi connectivity index (χ3n) is 6.05. The molecular weight excluding hydrogens is 440 g/mol. The van der Waals surface area contributed by atoms with E-state index in [0.29, 0.717) is 44.9 Å². The molecule has 1 N–H and O–H groups in total. The Labute approximate surface area is 206 Å². The number of aryl methyl sites for hydroxylation is 1. The number of carbonyl (C=O) groups excluding carboxylic acids is 2. The number of rotatable bonds is 10. The zero-order chi connectivity index (χ0) is 24.5. The van der Waals surface area contributed by atoms with Gasteiger partial charge in [-0.3, -0.25) is 9.59 Å². The van der Waals surface area contributed by atoms with E-state index in [4.69, 9.17) is 9.47 Å². The summed E-state index contributed by atoms with van der Waals surface area (Å²) >= 11 is 0. The van der Waals surface area contributed by atoms with Gasteiger partial charge >= 0.3 is 0 Å². The lowest BCUT2D eigenvalue weighted by atomic mass is 10.0. The number of nitrogens with one attached hydrogen (secondary N) is 1. The fourth-order valence-electron chi connectivity index (χ4n) is 4.26. The quantitative estimate of drug-likeness (QED) is 0.481.